The van der Waals surface area contributed by atoms with Gasteiger partial charge in [0.1, 0.15) is 30.3 Å². The summed E-state index contributed by atoms with van der Waals surface area (Å²) >= 11 is 6.16. The molecule has 32 heavy (non-hydrogen) atoms. The van der Waals surface area contributed by atoms with Gasteiger partial charge in [0.15, 0.2) is 0 Å². The summed E-state index contributed by atoms with van der Waals surface area (Å²) in [6.45, 7) is 3.99. The zero-order valence-electron chi connectivity index (χ0n) is 17.5. The second-order valence-electron chi connectivity index (χ2n) is 8.01. The number of aromatic nitrogens is 4. The molecule has 1 aliphatic rings. The van der Waals surface area contributed by atoms with Crippen molar-refractivity contribution in [2.24, 2.45) is 0 Å². The fourth-order valence-corrected chi connectivity index (χ4v) is 4.51. The molecular weight excluding hydrogens is 422 g/mol. The number of fused-ring (bicyclic) bond motifs is 3. The monoisotopic (exact) mass is 441 g/mol. The minimum atomic E-state index is 0.588. The average molecular weight is 442 g/mol. The maximum atomic E-state index is 6.16. The number of H-pyrrole nitrogens is 1. The molecule has 1 N–H and O–H groups in total. The summed E-state index contributed by atoms with van der Waals surface area (Å²) in [5, 5.41) is 1.65. The summed E-state index contributed by atoms with van der Waals surface area (Å²) in [5.41, 5.74) is 6.26. The average Bonchev–Trinajstić information content (AvgIpc) is 3.04. The van der Waals surface area contributed by atoms with E-state index in [0.29, 0.717) is 18.2 Å². The van der Waals surface area contributed by atoms with Gasteiger partial charge in [-0.1, -0.05) is 23.7 Å². The fourth-order valence-electron chi connectivity index (χ4n) is 4.34. The lowest BCUT2D eigenvalue weighted by atomic mass is 10.0. The predicted molar refractivity (Wildman–Crippen MR) is 127 cm³/mol. The number of imidazole rings is 1. The molecule has 0 radical (unpaired) electrons. The molecule has 0 saturated carbocycles. The van der Waals surface area contributed by atoms with Crippen LogP contribution in [0.2, 0.25) is 5.02 Å². The quantitative estimate of drug-likeness (QED) is 0.390. The van der Waals surface area contributed by atoms with E-state index in [1.807, 2.05) is 25.1 Å². The molecule has 0 atom stereocenters. The third kappa shape index (κ3) is 3.33. The van der Waals surface area contributed by atoms with Crippen LogP contribution in [0.3, 0.4) is 0 Å². The number of hydrogen-bond acceptors (Lipinski definition) is 5. The molecule has 7 heteroatoms. The molecule has 6 rings (SSSR count). The third-order valence-corrected chi connectivity index (χ3v) is 6.09. The van der Waals surface area contributed by atoms with Crippen molar-refractivity contribution >= 4 is 39.4 Å². The summed E-state index contributed by atoms with van der Waals surface area (Å²) < 4.78 is 6.07. The van der Waals surface area contributed by atoms with E-state index in [-0.39, 0.29) is 0 Å². The molecule has 3 heterocycles. The van der Waals surface area contributed by atoms with E-state index < -0.39 is 0 Å². The van der Waals surface area contributed by atoms with Crippen molar-refractivity contribution in [3.05, 3.63) is 77.3 Å². The van der Waals surface area contributed by atoms with Crippen molar-refractivity contribution in [2.45, 2.75) is 13.5 Å². The van der Waals surface area contributed by atoms with Crippen LogP contribution in [0.1, 0.15) is 11.4 Å². The molecule has 3 aromatic carbocycles. The number of benzene rings is 3. The molecule has 6 nitrogen and oxygen atoms in total. The first-order valence-electron chi connectivity index (χ1n) is 10.5. The third-order valence-electron chi connectivity index (χ3n) is 5.85. The molecule has 0 fully saturated rings. The van der Waals surface area contributed by atoms with Crippen molar-refractivity contribution in [3.63, 3.8) is 0 Å². The highest BCUT2D eigenvalue weighted by Crippen LogP contribution is 2.33. The van der Waals surface area contributed by atoms with Gasteiger partial charge in [-0.3, -0.25) is 0 Å². The lowest BCUT2D eigenvalue weighted by Gasteiger charge is -2.22. The van der Waals surface area contributed by atoms with Crippen LogP contribution >= 0.6 is 11.6 Å². The van der Waals surface area contributed by atoms with E-state index in [9.17, 15) is 0 Å². The van der Waals surface area contributed by atoms with Gasteiger partial charge in [-0.2, -0.15) is 0 Å². The van der Waals surface area contributed by atoms with E-state index >= 15 is 0 Å². The zero-order chi connectivity index (χ0) is 21.7. The normalized spacial score (nSPS) is 13.8. The van der Waals surface area contributed by atoms with Gasteiger partial charge in [0.25, 0.3) is 0 Å². The van der Waals surface area contributed by atoms with Gasteiger partial charge in [0, 0.05) is 22.5 Å². The van der Waals surface area contributed by atoms with Crippen LogP contribution < -0.4 is 9.64 Å². The number of aryl methyl sites for hydroxylation is 1. The first kappa shape index (κ1) is 19.1. The van der Waals surface area contributed by atoms with Crippen molar-refractivity contribution in [3.8, 4) is 16.9 Å². The Labute approximate surface area is 189 Å². The molecule has 0 aliphatic carbocycles. The molecule has 5 aromatic rings. The number of rotatable bonds is 2. The molecule has 1 aliphatic heterocycles. The van der Waals surface area contributed by atoms with E-state index in [0.717, 1.165) is 62.6 Å². The molecule has 0 saturated heterocycles. The molecule has 158 valence electrons. The summed E-state index contributed by atoms with van der Waals surface area (Å²) in [6.07, 6.45) is 1.60. The van der Waals surface area contributed by atoms with Gasteiger partial charge >= 0.3 is 0 Å². The first-order valence-corrected chi connectivity index (χ1v) is 10.9. The Kier molecular flexibility index (Phi) is 4.47. The molecular formula is C25H20ClN5O. The Hall–Kier alpha value is -3.64. The fraction of sp³-hybridized carbons (Fsp3) is 0.160. The first-order chi connectivity index (χ1) is 15.6. The minimum Gasteiger partial charge on any atom is -0.491 e. The highest BCUT2D eigenvalue weighted by Gasteiger charge is 2.20. The predicted octanol–water partition coefficient (Wildman–Crippen LogP) is 5.53. The van der Waals surface area contributed by atoms with Gasteiger partial charge < -0.3 is 14.6 Å². The Balaban J connectivity index is 1.39. The van der Waals surface area contributed by atoms with Gasteiger partial charge in [-0.25, -0.2) is 15.0 Å². The molecule has 2 aromatic heterocycles. The van der Waals surface area contributed by atoms with Crippen LogP contribution in [0.4, 0.5) is 5.82 Å². The number of halogens is 1. The van der Waals surface area contributed by atoms with E-state index in [2.05, 4.69) is 61.2 Å². The Morgan fingerprint density at radius 1 is 0.969 bits per heavy atom. The van der Waals surface area contributed by atoms with Crippen molar-refractivity contribution in [1.29, 1.82) is 0 Å². The Morgan fingerprint density at radius 3 is 2.78 bits per heavy atom. The number of aromatic amines is 1. The summed E-state index contributed by atoms with van der Waals surface area (Å²) in [5.74, 6) is 2.72. The largest absolute Gasteiger partial charge is 0.491 e. The SMILES string of the molecule is Cc1nc2ccc(-c3ccc4c(c3)CN(c3ncnc5cc(Cl)ccc35)CCO4)cc2[nH]1. The van der Waals surface area contributed by atoms with Crippen molar-refractivity contribution < 1.29 is 4.74 Å². The lowest BCUT2D eigenvalue weighted by Crippen LogP contribution is -2.26. The Bertz CT molecular complexity index is 1480. The van der Waals surface area contributed by atoms with Crippen LogP contribution in [-0.4, -0.2) is 33.1 Å². The highest BCUT2D eigenvalue weighted by atomic mass is 35.5. The standard InChI is InChI=1S/C25H20ClN5O/c1-15-29-21-6-2-17(11-23(21)30-15)16-3-7-24-18(10-16)13-31(8-9-32-24)25-20-5-4-19(26)12-22(20)27-14-28-25/h2-7,10-12,14H,8-9,13H2,1H3,(H,29,30). The topological polar surface area (TPSA) is 66.9 Å². The van der Waals surface area contributed by atoms with Crippen LogP contribution in [0.5, 0.6) is 5.75 Å². The highest BCUT2D eigenvalue weighted by molar-refractivity contribution is 6.31. The summed E-state index contributed by atoms with van der Waals surface area (Å²) in [7, 11) is 0. The second-order valence-corrected chi connectivity index (χ2v) is 8.44. The van der Waals surface area contributed by atoms with Gasteiger partial charge in [-0.15, -0.1) is 0 Å². The van der Waals surface area contributed by atoms with Crippen LogP contribution in [0.15, 0.2) is 60.9 Å². The van der Waals surface area contributed by atoms with Crippen LogP contribution in [0, 0.1) is 6.92 Å². The van der Waals surface area contributed by atoms with Crippen LogP contribution in [-0.2, 0) is 6.54 Å². The van der Waals surface area contributed by atoms with E-state index in [4.69, 9.17) is 16.3 Å². The lowest BCUT2D eigenvalue weighted by molar-refractivity contribution is 0.331. The number of ether oxygens (including phenoxy) is 1. The number of anilines is 1. The van der Waals surface area contributed by atoms with Crippen molar-refractivity contribution in [2.75, 3.05) is 18.1 Å². The molecule has 0 spiro atoms. The zero-order valence-corrected chi connectivity index (χ0v) is 18.2. The maximum Gasteiger partial charge on any atom is 0.140 e. The van der Waals surface area contributed by atoms with Gasteiger partial charge in [-0.05, 0) is 60.5 Å². The van der Waals surface area contributed by atoms with Crippen LogP contribution in [0.25, 0.3) is 33.1 Å². The Morgan fingerprint density at radius 2 is 1.84 bits per heavy atom. The van der Waals surface area contributed by atoms with Crippen molar-refractivity contribution in [1.82, 2.24) is 19.9 Å². The minimum absolute atomic E-state index is 0.588. The number of nitrogens with zero attached hydrogens (tertiary/aromatic N) is 4. The summed E-state index contributed by atoms with van der Waals surface area (Å²) in [6, 6.07) is 18.4. The number of hydrogen-bond donors (Lipinski definition) is 1. The van der Waals surface area contributed by atoms with Gasteiger partial charge in [0.05, 0.1) is 23.1 Å². The molecule has 0 unspecified atom stereocenters. The smallest absolute Gasteiger partial charge is 0.140 e. The van der Waals surface area contributed by atoms with E-state index in [1.54, 1.807) is 6.33 Å². The second kappa shape index (κ2) is 7.50. The summed E-state index contributed by atoms with van der Waals surface area (Å²) in [4.78, 5) is 19.1. The molecule has 0 amide bonds. The maximum absolute atomic E-state index is 6.16. The van der Waals surface area contributed by atoms with E-state index in [1.165, 1.54) is 0 Å². The van der Waals surface area contributed by atoms with Gasteiger partial charge in [0.2, 0.25) is 0 Å². The number of nitrogens with one attached hydrogen (secondary N) is 1. The molecule has 0 bridgehead atoms.